The third kappa shape index (κ3) is 3.82. The number of nitrogens with one attached hydrogen (secondary N) is 1. The molecule has 160 valence electrons. The van der Waals surface area contributed by atoms with Gasteiger partial charge in [0.1, 0.15) is 0 Å². The smallest absolute Gasteiger partial charge is 0.336 e. The molecular formula is C22H24F3N3O2. The molecule has 0 spiro atoms. The van der Waals surface area contributed by atoms with Gasteiger partial charge in [-0.05, 0) is 56.0 Å². The summed E-state index contributed by atoms with van der Waals surface area (Å²) in [6.45, 7) is 5.37. The molecule has 0 radical (unpaired) electrons. The van der Waals surface area contributed by atoms with E-state index in [9.17, 15) is 22.8 Å². The molecule has 3 heterocycles. The molecule has 2 amide bonds. The second kappa shape index (κ2) is 7.49. The number of fused-ring (bicyclic) bond motifs is 4. The summed E-state index contributed by atoms with van der Waals surface area (Å²) in [7, 11) is 0. The number of hydrogen-bond acceptors (Lipinski definition) is 2. The Hall–Kier alpha value is -2.77. The van der Waals surface area contributed by atoms with Crippen LogP contribution in [0.15, 0.2) is 41.2 Å². The molecule has 1 fully saturated rings. The maximum absolute atomic E-state index is 13.2. The van der Waals surface area contributed by atoms with E-state index in [4.69, 9.17) is 0 Å². The number of benzene rings is 1. The maximum atomic E-state index is 13.2. The zero-order valence-electron chi connectivity index (χ0n) is 16.9. The molecule has 5 nitrogen and oxygen atoms in total. The fraction of sp³-hybridized carbons (Fsp3) is 0.455. The second-order valence-corrected chi connectivity index (χ2v) is 8.47. The molecule has 2 bridgehead atoms. The van der Waals surface area contributed by atoms with Gasteiger partial charge in [0.05, 0.1) is 5.56 Å². The van der Waals surface area contributed by atoms with Crippen molar-refractivity contribution < 1.29 is 18.0 Å². The van der Waals surface area contributed by atoms with Crippen molar-refractivity contribution in [1.29, 1.82) is 0 Å². The largest absolute Gasteiger partial charge is 0.416 e. The predicted octanol–water partition coefficient (Wildman–Crippen LogP) is 4.07. The van der Waals surface area contributed by atoms with Crippen molar-refractivity contribution in [1.82, 2.24) is 14.8 Å². The molecule has 0 saturated carbocycles. The first kappa shape index (κ1) is 20.5. The summed E-state index contributed by atoms with van der Waals surface area (Å²) >= 11 is 0. The molecule has 2 aliphatic heterocycles. The number of halogens is 3. The Balaban J connectivity index is 1.66. The summed E-state index contributed by atoms with van der Waals surface area (Å²) in [5.41, 5.74) is 0.319. The van der Waals surface area contributed by atoms with Crippen molar-refractivity contribution in [2.45, 2.75) is 44.9 Å². The average Bonchev–Trinajstić information content (AvgIpc) is 2.67. The molecular weight excluding hydrogens is 395 g/mol. The number of aromatic nitrogens is 1. The number of carbonyl (C=O) groups excluding carboxylic acids is 1. The Morgan fingerprint density at radius 2 is 1.90 bits per heavy atom. The van der Waals surface area contributed by atoms with Crippen LogP contribution >= 0.6 is 0 Å². The second-order valence-electron chi connectivity index (χ2n) is 8.47. The highest BCUT2D eigenvalue weighted by Crippen LogP contribution is 2.36. The monoisotopic (exact) mass is 419 g/mol. The van der Waals surface area contributed by atoms with E-state index < -0.39 is 11.7 Å². The normalized spacial score (nSPS) is 20.8. The van der Waals surface area contributed by atoms with Crippen molar-refractivity contribution in [3.63, 3.8) is 0 Å². The van der Waals surface area contributed by atoms with E-state index in [2.05, 4.69) is 5.32 Å². The van der Waals surface area contributed by atoms with E-state index >= 15 is 0 Å². The highest BCUT2D eigenvalue weighted by Gasteiger charge is 2.37. The van der Waals surface area contributed by atoms with Crippen LogP contribution in [0.4, 0.5) is 18.0 Å². The van der Waals surface area contributed by atoms with Gasteiger partial charge in [-0.25, -0.2) is 4.79 Å². The van der Waals surface area contributed by atoms with Crippen molar-refractivity contribution in [3.05, 3.63) is 58.0 Å². The van der Waals surface area contributed by atoms with Crippen LogP contribution < -0.4 is 10.9 Å². The molecule has 1 aromatic heterocycles. The molecule has 2 aliphatic rings. The van der Waals surface area contributed by atoms with Gasteiger partial charge in [0, 0.05) is 42.9 Å². The Bertz CT molecular complexity index is 1030. The van der Waals surface area contributed by atoms with Crippen LogP contribution in [0, 0.1) is 5.92 Å². The first-order valence-corrected chi connectivity index (χ1v) is 10.1. The van der Waals surface area contributed by atoms with Gasteiger partial charge in [0.15, 0.2) is 0 Å². The number of amides is 2. The number of likely N-dealkylation sites (tertiary alicyclic amines) is 1. The van der Waals surface area contributed by atoms with Gasteiger partial charge in [-0.2, -0.15) is 13.2 Å². The van der Waals surface area contributed by atoms with Crippen molar-refractivity contribution in [3.8, 4) is 11.1 Å². The Morgan fingerprint density at radius 3 is 2.60 bits per heavy atom. The Labute approximate surface area is 172 Å². The average molecular weight is 419 g/mol. The van der Waals surface area contributed by atoms with Gasteiger partial charge in [-0.15, -0.1) is 0 Å². The number of carbonyl (C=O) groups is 1. The van der Waals surface area contributed by atoms with Crippen LogP contribution in [0.1, 0.15) is 37.4 Å². The van der Waals surface area contributed by atoms with Gasteiger partial charge in [-0.3, -0.25) is 4.79 Å². The fourth-order valence-electron chi connectivity index (χ4n) is 4.53. The van der Waals surface area contributed by atoms with E-state index in [0.717, 1.165) is 24.2 Å². The fourth-order valence-corrected chi connectivity index (χ4v) is 4.53. The van der Waals surface area contributed by atoms with Crippen molar-refractivity contribution in [2.75, 3.05) is 13.1 Å². The molecule has 8 heteroatoms. The molecule has 4 rings (SSSR count). The van der Waals surface area contributed by atoms with Crippen molar-refractivity contribution >= 4 is 6.03 Å². The minimum atomic E-state index is -4.46. The summed E-state index contributed by atoms with van der Waals surface area (Å²) in [4.78, 5) is 27.4. The van der Waals surface area contributed by atoms with E-state index in [1.54, 1.807) is 15.5 Å². The van der Waals surface area contributed by atoms with Crippen LogP contribution in [0.5, 0.6) is 0 Å². The minimum Gasteiger partial charge on any atom is -0.336 e. The number of nitrogens with zero attached hydrogens (tertiary/aromatic N) is 2. The highest BCUT2D eigenvalue weighted by atomic mass is 19.4. The molecule has 0 unspecified atom stereocenters. The SMILES string of the molecule is CC(C)NC(=O)N1C[C@@H]2C[C@H](C1)c1ccc(-c3cccc(C(F)(F)F)c3)c(=O)n1C2. The van der Waals surface area contributed by atoms with E-state index in [-0.39, 0.29) is 40.6 Å². The lowest BCUT2D eigenvalue weighted by atomic mass is 9.83. The molecule has 30 heavy (non-hydrogen) atoms. The molecule has 1 N–H and O–H groups in total. The first-order valence-electron chi connectivity index (χ1n) is 10.1. The van der Waals surface area contributed by atoms with E-state index in [1.165, 1.54) is 12.1 Å². The lowest BCUT2D eigenvalue weighted by Gasteiger charge is -2.43. The zero-order valence-corrected chi connectivity index (χ0v) is 16.9. The van der Waals surface area contributed by atoms with Gasteiger partial charge in [0.2, 0.25) is 0 Å². The summed E-state index contributed by atoms with van der Waals surface area (Å²) in [5.74, 6) is 0.183. The first-order chi connectivity index (χ1) is 14.1. The number of hydrogen-bond donors (Lipinski definition) is 1. The van der Waals surface area contributed by atoms with Gasteiger partial charge in [-0.1, -0.05) is 12.1 Å². The summed E-state index contributed by atoms with van der Waals surface area (Å²) in [5, 5.41) is 2.91. The molecule has 1 saturated heterocycles. The quantitative estimate of drug-likeness (QED) is 0.798. The molecule has 1 aromatic carbocycles. The van der Waals surface area contributed by atoms with E-state index in [1.807, 2.05) is 19.9 Å². The lowest BCUT2D eigenvalue weighted by molar-refractivity contribution is -0.137. The number of alkyl halides is 3. The van der Waals surface area contributed by atoms with Gasteiger partial charge >= 0.3 is 12.2 Å². The summed E-state index contributed by atoms with van der Waals surface area (Å²) in [6.07, 6.45) is -3.56. The minimum absolute atomic E-state index is 0.0404. The third-order valence-corrected chi connectivity index (χ3v) is 5.80. The number of urea groups is 1. The van der Waals surface area contributed by atoms with Crippen LogP contribution in [0.25, 0.3) is 11.1 Å². The molecule has 0 aliphatic carbocycles. The summed E-state index contributed by atoms with van der Waals surface area (Å²) < 4.78 is 40.9. The number of rotatable bonds is 2. The molecule has 2 atom stereocenters. The predicted molar refractivity (Wildman–Crippen MR) is 107 cm³/mol. The van der Waals surface area contributed by atoms with Crippen LogP contribution in [-0.4, -0.2) is 34.6 Å². The van der Waals surface area contributed by atoms with Gasteiger partial charge in [0.25, 0.3) is 5.56 Å². The van der Waals surface area contributed by atoms with Crippen molar-refractivity contribution in [2.24, 2.45) is 5.92 Å². The molecule has 2 aromatic rings. The Kier molecular flexibility index (Phi) is 5.11. The topological polar surface area (TPSA) is 54.3 Å². The maximum Gasteiger partial charge on any atom is 0.416 e. The number of piperidine rings is 1. The van der Waals surface area contributed by atoms with Crippen LogP contribution in [0.3, 0.4) is 0 Å². The van der Waals surface area contributed by atoms with Crippen LogP contribution in [-0.2, 0) is 12.7 Å². The number of pyridine rings is 1. The zero-order chi connectivity index (χ0) is 21.6. The standard InChI is InChI=1S/C22H24F3N3O2/c1-13(2)26-21(30)27-10-14-8-16(12-27)19-7-6-18(20(29)28(19)11-14)15-4-3-5-17(9-15)22(23,24)25/h3-7,9,13-14,16H,8,10-12H2,1-2H3,(H,26,30)/t14-,16+/m0/s1. The highest BCUT2D eigenvalue weighted by molar-refractivity contribution is 5.74. The van der Waals surface area contributed by atoms with Gasteiger partial charge < -0.3 is 14.8 Å². The lowest BCUT2D eigenvalue weighted by Crippen LogP contribution is -2.52. The summed E-state index contributed by atoms with van der Waals surface area (Å²) in [6, 6.07) is 8.24. The Morgan fingerprint density at radius 1 is 1.13 bits per heavy atom. The third-order valence-electron chi connectivity index (χ3n) is 5.80. The van der Waals surface area contributed by atoms with E-state index in [0.29, 0.717) is 19.6 Å². The van der Waals surface area contributed by atoms with Crippen LogP contribution in [0.2, 0.25) is 0 Å².